The van der Waals surface area contributed by atoms with Gasteiger partial charge in [-0.1, -0.05) is 0 Å². The van der Waals surface area contributed by atoms with Crippen LogP contribution in [0.15, 0.2) is 22.8 Å². The van der Waals surface area contributed by atoms with Crippen molar-refractivity contribution in [2.75, 3.05) is 6.54 Å². The second-order valence-electron chi connectivity index (χ2n) is 2.99. The average molecular weight is 198 g/mol. The molecule has 0 saturated carbocycles. The Morgan fingerprint density at radius 1 is 1.64 bits per heavy atom. The molecular formula is C9H14N2O3. The summed E-state index contributed by atoms with van der Waals surface area (Å²) in [6, 6.07) is 3.21. The lowest BCUT2D eigenvalue weighted by molar-refractivity contribution is 0.187. The summed E-state index contributed by atoms with van der Waals surface area (Å²) in [4.78, 5) is 11.1. The number of hydrogen-bond donors (Lipinski definition) is 3. The zero-order chi connectivity index (χ0) is 10.4. The van der Waals surface area contributed by atoms with E-state index in [0.29, 0.717) is 12.3 Å². The molecule has 5 heteroatoms. The van der Waals surface area contributed by atoms with Crippen LogP contribution in [0.3, 0.4) is 0 Å². The van der Waals surface area contributed by atoms with Crippen LogP contribution in [0.4, 0.5) is 4.79 Å². The van der Waals surface area contributed by atoms with Crippen molar-refractivity contribution < 1.29 is 14.3 Å². The molecule has 0 radical (unpaired) electrons. The van der Waals surface area contributed by atoms with E-state index in [-0.39, 0.29) is 12.6 Å². The highest BCUT2D eigenvalue weighted by atomic mass is 16.3. The van der Waals surface area contributed by atoms with Crippen LogP contribution in [0.25, 0.3) is 0 Å². The molecule has 0 aliphatic heterocycles. The quantitative estimate of drug-likeness (QED) is 0.658. The number of aliphatic hydroxyl groups excluding tert-OH is 1. The van der Waals surface area contributed by atoms with Gasteiger partial charge in [-0.25, -0.2) is 4.79 Å². The summed E-state index contributed by atoms with van der Waals surface area (Å²) in [5.74, 6) is 0.692. The maximum Gasteiger partial charge on any atom is 0.315 e. The highest BCUT2D eigenvalue weighted by Gasteiger charge is 2.02. The highest BCUT2D eigenvalue weighted by molar-refractivity contribution is 5.73. The van der Waals surface area contributed by atoms with E-state index in [4.69, 9.17) is 9.52 Å². The first-order valence-corrected chi connectivity index (χ1v) is 4.40. The standard InChI is InChI=1S/C9H14N2O3/c1-7(12)5-10-9(13)11-6-8-3-2-4-14-8/h2-4,7,12H,5-6H2,1H3,(H2,10,11,13). The van der Waals surface area contributed by atoms with Gasteiger partial charge < -0.3 is 20.2 Å². The molecule has 3 N–H and O–H groups in total. The fourth-order valence-corrected chi connectivity index (χ4v) is 0.883. The summed E-state index contributed by atoms with van der Waals surface area (Å²) >= 11 is 0. The van der Waals surface area contributed by atoms with Crippen LogP contribution < -0.4 is 10.6 Å². The third-order valence-corrected chi connectivity index (χ3v) is 1.56. The number of carbonyl (C=O) groups excluding carboxylic acids is 1. The molecule has 1 rings (SSSR count). The van der Waals surface area contributed by atoms with E-state index >= 15 is 0 Å². The second-order valence-corrected chi connectivity index (χ2v) is 2.99. The number of amides is 2. The lowest BCUT2D eigenvalue weighted by Gasteiger charge is -2.07. The number of hydrogen-bond acceptors (Lipinski definition) is 3. The van der Waals surface area contributed by atoms with Crippen molar-refractivity contribution in [3.8, 4) is 0 Å². The molecule has 5 nitrogen and oxygen atoms in total. The molecule has 1 unspecified atom stereocenters. The molecule has 0 fully saturated rings. The molecule has 1 atom stereocenters. The van der Waals surface area contributed by atoms with Gasteiger partial charge in [0.15, 0.2) is 0 Å². The first-order chi connectivity index (χ1) is 6.68. The van der Waals surface area contributed by atoms with Gasteiger partial charge in [0.2, 0.25) is 0 Å². The van der Waals surface area contributed by atoms with Crippen LogP contribution in [-0.2, 0) is 6.54 Å². The smallest absolute Gasteiger partial charge is 0.315 e. The van der Waals surface area contributed by atoms with E-state index in [0.717, 1.165) is 0 Å². The first kappa shape index (κ1) is 10.6. The minimum atomic E-state index is -0.538. The Bertz CT molecular complexity index is 270. The van der Waals surface area contributed by atoms with Gasteiger partial charge in [-0.3, -0.25) is 0 Å². The van der Waals surface area contributed by atoms with Crippen LogP contribution in [0.5, 0.6) is 0 Å². The van der Waals surface area contributed by atoms with Gasteiger partial charge in [0, 0.05) is 6.54 Å². The predicted molar refractivity (Wildman–Crippen MR) is 50.6 cm³/mol. The molecule has 78 valence electrons. The summed E-state index contributed by atoms with van der Waals surface area (Å²) in [5.41, 5.74) is 0. The van der Waals surface area contributed by atoms with Gasteiger partial charge in [-0.2, -0.15) is 0 Å². The van der Waals surface area contributed by atoms with Crippen LogP contribution in [0.2, 0.25) is 0 Å². The largest absolute Gasteiger partial charge is 0.467 e. The number of nitrogens with one attached hydrogen (secondary N) is 2. The van der Waals surface area contributed by atoms with E-state index in [9.17, 15) is 4.79 Å². The number of carbonyl (C=O) groups is 1. The molecule has 0 aliphatic carbocycles. The van der Waals surface area contributed by atoms with E-state index in [1.54, 1.807) is 25.3 Å². The molecule has 1 heterocycles. The molecule has 2 amide bonds. The summed E-state index contributed by atoms with van der Waals surface area (Å²) < 4.78 is 5.02. The highest BCUT2D eigenvalue weighted by Crippen LogP contribution is 1.97. The number of furan rings is 1. The third kappa shape index (κ3) is 3.95. The summed E-state index contributed by atoms with van der Waals surface area (Å²) in [6.07, 6.45) is 1.01. The van der Waals surface area contributed by atoms with Crippen LogP contribution in [-0.4, -0.2) is 23.8 Å². The summed E-state index contributed by atoms with van der Waals surface area (Å²) in [5, 5.41) is 14.0. The Balaban J connectivity index is 2.15. The second kappa shape index (κ2) is 5.29. The van der Waals surface area contributed by atoms with Crippen molar-refractivity contribution in [3.63, 3.8) is 0 Å². The fraction of sp³-hybridized carbons (Fsp3) is 0.444. The number of rotatable bonds is 4. The van der Waals surface area contributed by atoms with Gasteiger partial charge in [-0.15, -0.1) is 0 Å². The molecular weight excluding hydrogens is 184 g/mol. The maximum atomic E-state index is 11.1. The number of urea groups is 1. The van der Waals surface area contributed by atoms with Gasteiger partial charge in [-0.05, 0) is 19.1 Å². The molecule has 0 aliphatic rings. The molecule has 0 aromatic carbocycles. The van der Waals surface area contributed by atoms with Gasteiger partial charge in [0.05, 0.1) is 18.9 Å². The Hall–Kier alpha value is -1.49. The first-order valence-electron chi connectivity index (χ1n) is 4.40. The lowest BCUT2D eigenvalue weighted by atomic mass is 10.4. The van der Waals surface area contributed by atoms with Crippen LogP contribution >= 0.6 is 0 Å². The molecule has 0 spiro atoms. The van der Waals surface area contributed by atoms with Crippen molar-refractivity contribution in [1.29, 1.82) is 0 Å². The monoisotopic (exact) mass is 198 g/mol. The van der Waals surface area contributed by atoms with E-state index < -0.39 is 6.10 Å². The van der Waals surface area contributed by atoms with E-state index in [2.05, 4.69) is 10.6 Å². The van der Waals surface area contributed by atoms with Crippen molar-refractivity contribution in [2.45, 2.75) is 19.6 Å². The van der Waals surface area contributed by atoms with Gasteiger partial charge in [0.1, 0.15) is 5.76 Å². The minimum Gasteiger partial charge on any atom is -0.467 e. The molecule has 0 saturated heterocycles. The Morgan fingerprint density at radius 3 is 3.00 bits per heavy atom. The van der Waals surface area contributed by atoms with Gasteiger partial charge >= 0.3 is 6.03 Å². The minimum absolute atomic E-state index is 0.240. The van der Waals surface area contributed by atoms with E-state index in [1.165, 1.54) is 0 Å². The lowest BCUT2D eigenvalue weighted by Crippen LogP contribution is -2.38. The van der Waals surface area contributed by atoms with Crippen LogP contribution in [0.1, 0.15) is 12.7 Å². The third-order valence-electron chi connectivity index (χ3n) is 1.56. The Morgan fingerprint density at radius 2 is 2.43 bits per heavy atom. The van der Waals surface area contributed by atoms with Crippen molar-refractivity contribution >= 4 is 6.03 Å². The number of aliphatic hydroxyl groups is 1. The topological polar surface area (TPSA) is 74.5 Å². The summed E-state index contributed by atoms with van der Waals surface area (Å²) in [7, 11) is 0. The zero-order valence-electron chi connectivity index (χ0n) is 7.99. The van der Waals surface area contributed by atoms with Crippen molar-refractivity contribution in [3.05, 3.63) is 24.2 Å². The molecule has 1 aromatic heterocycles. The SMILES string of the molecule is CC(O)CNC(=O)NCc1ccco1. The average Bonchev–Trinajstić information content (AvgIpc) is 2.63. The Kier molecular flexibility index (Phi) is 4.00. The predicted octanol–water partition coefficient (Wildman–Crippen LogP) is 0.460. The molecule has 1 aromatic rings. The molecule has 14 heavy (non-hydrogen) atoms. The van der Waals surface area contributed by atoms with E-state index in [1.807, 2.05) is 0 Å². The van der Waals surface area contributed by atoms with Crippen LogP contribution in [0, 0.1) is 0 Å². The normalized spacial score (nSPS) is 12.1. The molecule has 0 bridgehead atoms. The van der Waals surface area contributed by atoms with Crippen molar-refractivity contribution in [2.24, 2.45) is 0 Å². The van der Waals surface area contributed by atoms with Gasteiger partial charge in [0.25, 0.3) is 0 Å². The van der Waals surface area contributed by atoms with Crippen molar-refractivity contribution in [1.82, 2.24) is 10.6 Å². The summed E-state index contributed by atoms with van der Waals surface area (Å²) in [6.45, 7) is 2.19. The maximum absolute atomic E-state index is 11.1. The fourth-order valence-electron chi connectivity index (χ4n) is 0.883. The Labute approximate surface area is 82.1 Å². The zero-order valence-corrected chi connectivity index (χ0v) is 7.99.